The highest BCUT2D eigenvalue weighted by Gasteiger charge is 2.19. The second-order valence-corrected chi connectivity index (χ2v) is 6.67. The molecule has 28 heavy (non-hydrogen) atoms. The van der Waals surface area contributed by atoms with Gasteiger partial charge in [0.1, 0.15) is 17.3 Å². The summed E-state index contributed by atoms with van der Waals surface area (Å²) in [5.41, 5.74) is 4.56. The first kappa shape index (κ1) is 18.2. The molecule has 5 nitrogen and oxygen atoms in total. The average Bonchev–Trinajstić information content (AvgIpc) is 3.17. The zero-order chi connectivity index (χ0) is 20.0. The van der Waals surface area contributed by atoms with Gasteiger partial charge in [-0.2, -0.15) is 5.10 Å². The van der Waals surface area contributed by atoms with Crippen molar-refractivity contribution in [1.82, 2.24) is 19.3 Å². The lowest BCUT2D eigenvalue weighted by Crippen LogP contribution is -2.22. The molecule has 0 unspecified atom stereocenters. The molecule has 2 aromatic heterocycles. The van der Waals surface area contributed by atoms with Gasteiger partial charge in [-0.1, -0.05) is 6.07 Å². The van der Waals surface area contributed by atoms with Crippen molar-refractivity contribution >= 4 is 11.0 Å². The Labute approximate surface area is 160 Å². The Kier molecular flexibility index (Phi) is 4.37. The lowest BCUT2D eigenvalue weighted by atomic mass is 9.98. The topological polar surface area (TPSA) is 55.6 Å². The fraction of sp³-hybridized carbons (Fsp3) is 0.238. The van der Waals surface area contributed by atoms with Crippen LogP contribution in [0.15, 0.2) is 41.2 Å². The number of aryl methyl sites for hydroxylation is 3. The molecular weight excluding hydrogens is 362 g/mol. The van der Waals surface area contributed by atoms with E-state index >= 15 is 0 Å². The Morgan fingerprint density at radius 2 is 1.71 bits per heavy atom. The van der Waals surface area contributed by atoms with Crippen LogP contribution in [0.1, 0.15) is 19.5 Å². The van der Waals surface area contributed by atoms with Crippen molar-refractivity contribution in [3.8, 4) is 22.4 Å². The third kappa shape index (κ3) is 2.66. The first-order chi connectivity index (χ1) is 13.5. The van der Waals surface area contributed by atoms with Crippen LogP contribution in [0.4, 0.5) is 8.78 Å². The number of H-pyrrole nitrogens is 1. The van der Waals surface area contributed by atoms with Crippen LogP contribution in [0, 0.1) is 18.6 Å². The molecule has 144 valence electrons. The van der Waals surface area contributed by atoms with E-state index in [0.717, 1.165) is 33.9 Å². The second kappa shape index (κ2) is 6.74. The zero-order valence-electron chi connectivity index (χ0n) is 15.9. The highest BCUT2D eigenvalue weighted by Crippen LogP contribution is 2.35. The van der Waals surface area contributed by atoms with Gasteiger partial charge in [0.2, 0.25) is 0 Å². The Morgan fingerprint density at radius 1 is 1.00 bits per heavy atom. The predicted octanol–water partition coefficient (Wildman–Crippen LogP) is 4.49. The third-order valence-corrected chi connectivity index (χ3v) is 5.07. The minimum absolute atomic E-state index is 0.0501. The number of hydrogen-bond donors (Lipinski definition) is 1. The number of hydrogen-bond acceptors (Lipinski definition) is 2. The van der Waals surface area contributed by atoms with Crippen LogP contribution < -0.4 is 5.69 Å². The molecule has 0 saturated heterocycles. The van der Waals surface area contributed by atoms with E-state index in [-0.39, 0.29) is 11.3 Å². The van der Waals surface area contributed by atoms with Crippen molar-refractivity contribution < 1.29 is 8.78 Å². The number of nitrogens with one attached hydrogen (secondary N) is 1. The summed E-state index contributed by atoms with van der Waals surface area (Å²) in [4.78, 5) is 12.6. The van der Waals surface area contributed by atoms with E-state index in [1.54, 1.807) is 9.13 Å². The first-order valence-corrected chi connectivity index (χ1v) is 9.20. The summed E-state index contributed by atoms with van der Waals surface area (Å²) in [6, 6.07) is 9.18. The van der Waals surface area contributed by atoms with Crippen LogP contribution in [-0.2, 0) is 13.1 Å². The molecule has 0 atom stereocenters. The number of halogens is 2. The summed E-state index contributed by atoms with van der Waals surface area (Å²) < 4.78 is 31.1. The largest absolute Gasteiger partial charge is 0.329 e. The van der Waals surface area contributed by atoms with Crippen LogP contribution in [0.2, 0.25) is 0 Å². The number of aromatic amines is 1. The molecule has 0 fully saturated rings. The molecule has 0 spiro atoms. The maximum atomic E-state index is 14.4. The van der Waals surface area contributed by atoms with E-state index in [1.807, 2.05) is 39.0 Å². The minimum Gasteiger partial charge on any atom is -0.292 e. The third-order valence-electron chi connectivity index (χ3n) is 5.07. The normalized spacial score (nSPS) is 11.5. The van der Waals surface area contributed by atoms with E-state index in [1.165, 1.54) is 12.1 Å². The molecule has 0 radical (unpaired) electrons. The van der Waals surface area contributed by atoms with Crippen LogP contribution in [0.5, 0.6) is 0 Å². The van der Waals surface area contributed by atoms with E-state index in [2.05, 4.69) is 10.2 Å². The van der Waals surface area contributed by atoms with Crippen molar-refractivity contribution in [3.63, 3.8) is 0 Å². The second-order valence-electron chi connectivity index (χ2n) is 6.67. The molecule has 0 aliphatic heterocycles. The first-order valence-electron chi connectivity index (χ1n) is 9.20. The van der Waals surface area contributed by atoms with E-state index in [9.17, 15) is 13.6 Å². The Hall–Kier alpha value is -3.22. The van der Waals surface area contributed by atoms with Gasteiger partial charge in [-0.25, -0.2) is 13.6 Å². The van der Waals surface area contributed by atoms with Gasteiger partial charge in [0.05, 0.1) is 11.0 Å². The molecule has 2 heterocycles. The minimum atomic E-state index is -0.670. The molecule has 0 amide bonds. The van der Waals surface area contributed by atoms with Gasteiger partial charge in [-0.15, -0.1) is 0 Å². The molecule has 2 aromatic carbocycles. The standard InChI is InChI=1S/C21H20F2N4O/c1-4-26-17-9-6-13(10-18(17)27(5-2)21(26)28)19-12(3)24-25-20(19)15-8-7-14(22)11-16(15)23/h6-11H,4-5H2,1-3H3,(H,24,25). The fourth-order valence-corrected chi connectivity index (χ4v) is 3.75. The molecular formula is C21H20F2N4O. The molecule has 0 aliphatic carbocycles. The number of rotatable bonds is 4. The van der Waals surface area contributed by atoms with E-state index in [4.69, 9.17) is 0 Å². The maximum absolute atomic E-state index is 14.4. The lowest BCUT2D eigenvalue weighted by molar-refractivity contribution is 0.585. The quantitative estimate of drug-likeness (QED) is 0.566. The van der Waals surface area contributed by atoms with Gasteiger partial charge in [0.15, 0.2) is 0 Å². The summed E-state index contributed by atoms with van der Waals surface area (Å²) >= 11 is 0. The Morgan fingerprint density at radius 3 is 2.39 bits per heavy atom. The summed E-state index contributed by atoms with van der Waals surface area (Å²) in [7, 11) is 0. The van der Waals surface area contributed by atoms with Crippen LogP contribution >= 0.6 is 0 Å². The van der Waals surface area contributed by atoms with E-state index in [0.29, 0.717) is 18.8 Å². The number of benzene rings is 2. The van der Waals surface area contributed by atoms with Gasteiger partial charge in [-0.3, -0.25) is 14.2 Å². The van der Waals surface area contributed by atoms with Crippen molar-refractivity contribution in [1.29, 1.82) is 0 Å². The zero-order valence-corrected chi connectivity index (χ0v) is 15.9. The maximum Gasteiger partial charge on any atom is 0.329 e. The molecule has 0 aliphatic rings. The predicted molar refractivity (Wildman–Crippen MR) is 105 cm³/mol. The number of nitrogens with zero attached hydrogens (tertiary/aromatic N) is 3. The number of fused-ring (bicyclic) bond motifs is 1. The monoisotopic (exact) mass is 382 g/mol. The smallest absolute Gasteiger partial charge is 0.292 e. The molecule has 7 heteroatoms. The summed E-state index contributed by atoms with van der Waals surface area (Å²) in [6.07, 6.45) is 0. The summed E-state index contributed by atoms with van der Waals surface area (Å²) in [5.74, 6) is -1.30. The van der Waals surface area contributed by atoms with Crippen molar-refractivity contribution in [2.75, 3.05) is 0 Å². The van der Waals surface area contributed by atoms with Crippen LogP contribution in [0.25, 0.3) is 33.4 Å². The fourth-order valence-electron chi connectivity index (χ4n) is 3.75. The summed E-state index contributed by atoms with van der Waals surface area (Å²) in [6.45, 7) is 6.84. The Balaban J connectivity index is 1.97. The van der Waals surface area contributed by atoms with Crippen molar-refractivity contribution in [2.24, 2.45) is 0 Å². The Bertz CT molecular complexity index is 1250. The van der Waals surface area contributed by atoms with Gasteiger partial charge in [0.25, 0.3) is 0 Å². The number of aromatic nitrogens is 4. The molecule has 4 aromatic rings. The average molecular weight is 382 g/mol. The highest BCUT2D eigenvalue weighted by molar-refractivity contribution is 5.88. The highest BCUT2D eigenvalue weighted by atomic mass is 19.1. The van der Waals surface area contributed by atoms with Gasteiger partial charge < -0.3 is 0 Å². The van der Waals surface area contributed by atoms with Gasteiger partial charge in [-0.05, 0) is 50.6 Å². The van der Waals surface area contributed by atoms with E-state index < -0.39 is 11.6 Å². The van der Waals surface area contributed by atoms with Gasteiger partial charge >= 0.3 is 5.69 Å². The van der Waals surface area contributed by atoms with Gasteiger partial charge in [0, 0.05) is 36.0 Å². The summed E-state index contributed by atoms with van der Waals surface area (Å²) in [5, 5.41) is 7.15. The SMILES string of the molecule is CCn1c(=O)n(CC)c2cc(-c3c(-c4ccc(F)cc4F)n[nH]c3C)ccc21. The molecule has 4 rings (SSSR count). The number of imidazole rings is 1. The van der Waals surface area contributed by atoms with Crippen molar-refractivity contribution in [2.45, 2.75) is 33.9 Å². The van der Waals surface area contributed by atoms with Crippen molar-refractivity contribution in [3.05, 3.63) is 64.2 Å². The van der Waals surface area contributed by atoms with Crippen LogP contribution in [-0.4, -0.2) is 19.3 Å². The molecule has 1 N–H and O–H groups in total. The molecule has 0 bridgehead atoms. The lowest BCUT2D eigenvalue weighted by Gasteiger charge is -2.07. The molecule has 0 saturated carbocycles. The van der Waals surface area contributed by atoms with Crippen LogP contribution in [0.3, 0.4) is 0 Å².